The highest BCUT2D eigenvalue weighted by atomic mass is 16.5. The third-order valence-corrected chi connectivity index (χ3v) is 4.89. The number of amides is 1. The molecule has 1 saturated carbocycles. The summed E-state index contributed by atoms with van der Waals surface area (Å²) >= 11 is 0. The number of hydrogen-bond acceptors (Lipinski definition) is 4. The van der Waals surface area contributed by atoms with Gasteiger partial charge in [-0.15, -0.1) is 0 Å². The lowest BCUT2D eigenvalue weighted by molar-refractivity contribution is -0.127. The molecule has 1 aliphatic rings. The van der Waals surface area contributed by atoms with Gasteiger partial charge in [0, 0.05) is 45.5 Å². The molecule has 0 radical (unpaired) electrons. The van der Waals surface area contributed by atoms with Crippen LogP contribution in [0.3, 0.4) is 0 Å². The molecule has 0 heterocycles. The van der Waals surface area contributed by atoms with Gasteiger partial charge in [-0.2, -0.15) is 0 Å². The van der Waals surface area contributed by atoms with E-state index in [1.807, 2.05) is 27.7 Å². The quantitative estimate of drug-likeness (QED) is 0.494. The molecule has 26 heavy (non-hydrogen) atoms. The molecule has 1 N–H and O–H groups in total. The maximum atomic E-state index is 12.0. The first-order chi connectivity index (χ1) is 12.4. The van der Waals surface area contributed by atoms with E-state index in [1.165, 1.54) is 0 Å². The molecule has 1 rings (SSSR count). The zero-order valence-electron chi connectivity index (χ0n) is 17.2. The van der Waals surface area contributed by atoms with Crippen molar-refractivity contribution in [2.45, 2.75) is 91.2 Å². The van der Waals surface area contributed by atoms with E-state index in [0.29, 0.717) is 24.9 Å². The number of carbonyl (C=O) groups is 2. The van der Waals surface area contributed by atoms with Gasteiger partial charge in [0.15, 0.2) is 0 Å². The van der Waals surface area contributed by atoms with Crippen molar-refractivity contribution < 1.29 is 20.5 Å². The van der Waals surface area contributed by atoms with Crippen LogP contribution in [0.15, 0.2) is 0 Å². The molecular formula is C21H41NO4. The molecule has 0 saturated heterocycles. The molecule has 0 aliphatic heterocycles. The summed E-state index contributed by atoms with van der Waals surface area (Å²) in [5.41, 5.74) is 0. The number of ketones is 1. The van der Waals surface area contributed by atoms with Crippen LogP contribution >= 0.6 is 0 Å². The number of Topliss-reactive ketones (excluding diaryl/α,β-unsaturated/α-hetero) is 1. The Hall–Kier alpha value is -0.940. The van der Waals surface area contributed by atoms with Gasteiger partial charge in [-0.1, -0.05) is 13.8 Å². The summed E-state index contributed by atoms with van der Waals surface area (Å²) in [6, 6.07) is 0.237. The highest BCUT2D eigenvalue weighted by Gasteiger charge is 2.27. The average Bonchev–Trinajstić information content (AvgIpc) is 2.60. The third-order valence-electron chi connectivity index (χ3n) is 4.89. The van der Waals surface area contributed by atoms with Crippen LogP contribution in [0.5, 0.6) is 0 Å². The Morgan fingerprint density at radius 2 is 1.58 bits per heavy atom. The Balaban J connectivity index is 0.00000676. The lowest BCUT2D eigenvalue weighted by Gasteiger charge is -2.29. The van der Waals surface area contributed by atoms with Gasteiger partial charge < -0.3 is 14.8 Å². The summed E-state index contributed by atoms with van der Waals surface area (Å²) in [6.45, 7) is 10.2. The molecule has 1 aliphatic carbocycles. The Labute approximate surface area is 161 Å². The summed E-state index contributed by atoms with van der Waals surface area (Å²) in [4.78, 5) is 24.1. The number of ether oxygens (including phenoxy) is 2. The summed E-state index contributed by atoms with van der Waals surface area (Å²) in [5.74, 6) is 0.802. The fraction of sp³-hybridized carbons (Fsp3) is 0.905. The molecule has 5 nitrogen and oxygen atoms in total. The molecular weight excluding hydrogens is 330 g/mol. The largest absolute Gasteiger partial charge is 0.381 e. The van der Waals surface area contributed by atoms with Gasteiger partial charge >= 0.3 is 0 Å². The first-order valence-electron chi connectivity index (χ1n) is 10.4. The average molecular weight is 372 g/mol. The summed E-state index contributed by atoms with van der Waals surface area (Å²) < 4.78 is 11.0. The first-order valence-corrected chi connectivity index (χ1v) is 10.4. The van der Waals surface area contributed by atoms with Crippen LogP contribution in [0.2, 0.25) is 0 Å². The molecule has 5 heteroatoms. The SMILES string of the molecule is CC(C)OCCCCOCCCC(=O)NC1CCC(C(=O)C(C)C)CC1.[HH]. The van der Waals surface area contributed by atoms with Crippen LogP contribution in [0.1, 0.15) is 80.5 Å². The van der Waals surface area contributed by atoms with Crippen LogP contribution in [0, 0.1) is 11.8 Å². The third kappa shape index (κ3) is 10.3. The van der Waals surface area contributed by atoms with Gasteiger partial charge in [-0.25, -0.2) is 0 Å². The molecule has 0 aromatic rings. The second-order valence-electron chi connectivity index (χ2n) is 8.02. The van der Waals surface area contributed by atoms with E-state index in [9.17, 15) is 9.59 Å². The lowest BCUT2D eigenvalue weighted by Crippen LogP contribution is -2.39. The maximum Gasteiger partial charge on any atom is 0.220 e. The van der Waals surface area contributed by atoms with E-state index < -0.39 is 0 Å². The van der Waals surface area contributed by atoms with E-state index in [1.54, 1.807) is 0 Å². The molecule has 0 spiro atoms. The van der Waals surface area contributed by atoms with Gasteiger partial charge in [0.2, 0.25) is 5.91 Å². The second kappa shape index (κ2) is 13.3. The molecule has 1 fully saturated rings. The number of carbonyl (C=O) groups excluding carboxylic acids is 2. The molecule has 0 aromatic heterocycles. The normalized spacial score (nSPS) is 20.5. The van der Waals surface area contributed by atoms with E-state index >= 15 is 0 Å². The summed E-state index contributed by atoms with van der Waals surface area (Å²) in [7, 11) is 0. The van der Waals surface area contributed by atoms with Crippen LogP contribution < -0.4 is 5.32 Å². The number of hydrogen-bond donors (Lipinski definition) is 1. The Morgan fingerprint density at radius 1 is 0.962 bits per heavy atom. The predicted molar refractivity (Wildman–Crippen MR) is 106 cm³/mol. The zero-order chi connectivity index (χ0) is 19.4. The zero-order valence-corrected chi connectivity index (χ0v) is 17.2. The van der Waals surface area contributed by atoms with Gasteiger partial charge in [-0.3, -0.25) is 9.59 Å². The minimum absolute atomic E-state index is 0. The Bertz CT molecular complexity index is 407. The standard InChI is InChI=1S/C21H39NO4.H2/c1-16(2)21(24)18-9-11-19(12-10-18)22-20(23)8-7-14-25-13-5-6-15-26-17(3)4;/h16-19H,5-15H2,1-4H3,(H,22,23);1H. The van der Waals surface area contributed by atoms with E-state index in [0.717, 1.165) is 58.2 Å². The van der Waals surface area contributed by atoms with E-state index in [4.69, 9.17) is 9.47 Å². The van der Waals surface area contributed by atoms with Gasteiger partial charge in [-0.05, 0) is 58.8 Å². The Kier molecular flexibility index (Phi) is 11.8. The highest BCUT2D eigenvalue weighted by molar-refractivity contribution is 5.83. The predicted octanol–water partition coefficient (Wildman–Crippen LogP) is 4.13. The lowest BCUT2D eigenvalue weighted by atomic mass is 9.80. The Morgan fingerprint density at radius 3 is 2.19 bits per heavy atom. The van der Waals surface area contributed by atoms with Gasteiger partial charge in [0.25, 0.3) is 0 Å². The van der Waals surface area contributed by atoms with Crippen LogP contribution in [0.4, 0.5) is 0 Å². The van der Waals surface area contributed by atoms with Crippen molar-refractivity contribution in [2.75, 3.05) is 19.8 Å². The fourth-order valence-corrected chi connectivity index (χ4v) is 3.36. The highest BCUT2D eigenvalue weighted by Crippen LogP contribution is 2.27. The smallest absolute Gasteiger partial charge is 0.220 e. The van der Waals surface area contributed by atoms with Crippen molar-refractivity contribution in [2.24, 2.45) is 11.8 Å². The van der Waals surface area contributed by atoms with Crippen molar-refractivity contribution in [1.29, 1.82) is 0 Å². The monoisotopic (exact) mass is 371 g/mol. The number of nitrogens with one attached hydrogen (secondary N) is 1. The molecule has 1 amide bonds. The van der Waals surface area contributed by atoms with Crippen molar-refractivity contribution in [1.82, 2.24) is 5.32 Å². The van der Waals surface area contributed by atoms with Crippen LogP contribution in [-0.2, 0) is 19.1 Å². The van der Waals surface area contributed by atoms with E-state index in [2.05, 4.69) is 5.32 Å². The molecule has 154 valence electrons. The van der Waals surface area contributed by atoms with Crippen molar-refractivity contribution in [3.05, 3.63) is 0 Å². The van der Waals surface area contributed by atoms with Gasteiger partial charge in [0.1, 0.15) is 5.78 Å². The minimum Gasteiger partial charge on any atom is -0.381 e. The molecule has 0 aromatic carbocycles. The molecule has 0 bridgehead atoms. The summed E-state index contributed by atoms with van der Waals surface area (Å²) in [6.07, 6.45) is 7.24. The maximum absolute atomic E-state index is 12.0. The van der Waals surface area contributed by atoms with Gasteiger partial charge in [0.05, 0.1) is 6.10 Å². The van der Waals surface area contributed by atoms with Crippen molar-refractivity contribution >= 4 is 11.7 Å². The number of unbranched alkanes of at least 4 members (excludes halogenated alkanes) is 1. The summed E-state index contributed by atoms with van der Waals surface area (Å²) in [5, 5.41) is 3.11. The number of rotatable bonds is 13. The molecule has 0 unspecified atom stereocenters. The first kappa shape index (κ1) is 23.1. The van der Waals surface area contributed by atoms with E-state index in [-0.39, 0.29) is 25.2 Å². The van der Waals surface area contributed by atoms with Crippen molar-refractivity contribution in [3.8, 4) is 0 Å². The fourth-order valence-electron chi connectivity index (χ4n) is 3.36. The van der Waals surface area contributed by atoms with Crippen LogP contribution in [0.25, 0.3) is 0 Å². The minimum atomic E-state index is 0. The van der Waals surface area contributed by atoms with Crippen LogP contribution in [-0.4, -0.2) is 43.7 Å². The molecule has 0 atom stereocenters. The second-order valence-corrected chi connectivity index (χ2v) is 8.02. The van der Waals surface area contributed by atoms with Crippen molar-refractivity contribution in [3.63, 3.8) is 0 Å². The topological polar surface area (TPSA) is 64.6 Å².